The van der Waals surface area contributed by atoms with Gasteiger partial charge in [0.1, 0.15) is 11.3 Å². The number of nitro groups is 1. The topological polar surface area (TPSA) is 96.7 Å². The van der Waals surface area contributed by atoms with Crippen LogP contribution in [-0.2, 0) is 9.53 Å². The first-order chi connectivity index (χ1) is 13.4. The zero-order valence-electron chi connectivity index (χ0n) is 16.8. The number of ether oxygens (including phenoxy) is 1. The van der Waals surface area contributed by atoms with Crippen molar-refractivity contribution in [1.29, 1.82) is 0 Å². The third-order valence-corrected chi connectivity index (χ3v) is 5.77. The minimum atomic E-state index is -0.787. The summed E-state index contributed by atoms with van der Waals surface area (Å²) in [5.74, 6) is -0.173. The molecule has 1 aromatic carbocycles. The van der Waals surface area contributed by atoms with E-state index in [1.54, 1.807) is 19.2 Å². The quantitative estimate of drug-likeness (QED) is 0.264. The van der Waals surface area contributed by atoms with Gasteiger partial charge in [0, 0.05) is 24.6 Å². The maximum atomic E-state index is 12.6. The zero-order chi connectivity index (χ0) is 20.6. The number of hydrogen-bond donors (Lipinski definition) is 2. The Balaban J connectivity index is 1.99. The van der Waals surface area contributed by atoms with Crippen LogP contribution in [0.15, 0.2) is 23.1 Å². The average Bonchev–Trinajstić information content (AvgIpc) is 2.70. The molecular formula is C19H30N4O4S. The predicted molar refractivity (Wildman–Crippen MR) is 112 cm³/mol. The summed E-state index contributed by atoms with van der Waals surface area (Å²) in [6, 6.07) is 4.95. The number of carbonyl (C=O) groups excluding carboxylic acids is 1. The summed E-state index contributed by atoms with van der Waals surface area (Å²) in [5, 5.41) is 14.6. The predicted octanol–water partition coefficient (Wildman–Crippen LogP) is 3.43. The van der Waals surface area contributed by atoms with E-state index in [1.165, 1.54) is 6.07 Å². The van der Waals surface area contributed by atoms with Crippen molar-refractivity contribution in [3.63, 3.8) is 0 Å². The van der Waals surface area contributed by atoms with Gasteiger partial charge in [-0.05, 0) is 64.0 Å². The second kappa shape index (κ2) is 10.6. The van der Waals surface area contributed by atoms with Crippen molar-refractivity contribution in [2.24, 2.45) is 0 Å². The number of benzene rings is 1. The van der Waals surface area contributed by atoms with Crippen LogP contribution < -0.4 is 10.0 Å². The molecule has 0 unspecified atom stereocenters. The van der Waals surface area contributed by atoms with Crippen LogP contribution in [0, 0.1) is 10.1 Å². The van der Waals surface area contributed by atoms with Crippen LogP contribution in [0.25, 0.3) is 0 Å². The number of methoxy groups -OCH3 is 1. The molecule has 1 aliphatic carbocycles. The minimum absolute atomic E-state index is 0.00298. The second-order valence-corrected chi connectivity index (χ2v) is 8.19. The Morgan fingerprint density at radius 3 is 2.64 bits per heavy atom. The van der Waals surface area contributed by atoms with E-state index in [-0.39, 0.29) is 11.6 Å². The molecule has 2 rings (SSSR count). The number of amides is 1. The van der Waals surface area contributed by atoms with Crippen LogP contribution in [0.4, 0.5) is 11.4 Å². The van der Waals surface area contributed by atoms with Gasteiger partial charge in [-0.3, -0.25) is 19.6 Å². The summed E-state index contributed by atoms with van der Waals surface area (Å²) in [7, 11) is 5.55. The number of nitrogens with zero attached hydrogens (tertiary/aromatic N) is 2. The van der Waals surface area contributed by atoms with Gasteiger partial charge in [0.25, 0.3) is 11.6 Å². The van der Waals surface area contributed by atoms with Crippen molar-refractivity contribution in [2.75, 3.05) is 39.6 Å². The van der Waals surface area contributed by atoms with Gasteiger partial charge in [-0.15, -0.1) is 0 Å². The fourth-order valence-electron chi connectivity index (χ4n) is 3.34. The SMILES string of the molecule is COC1(C(=O)NSc2ccc(NCCCN(C)C)c([N+](=O)[O-])c2)CCCCC1. The van der Waals surface area contributed by atoms with Crippen LogP contribution in [0.3, 0.4) is 0 Å². The Hall–Kier alpha value is -1.84. The van der Waals surface area contributed by atoms with Crippen LogP contribution in [0.5, 0.6) is 0 Å². The average molecular weight is 411 g/mol. The molecule has 1 fully saturated rings. The number of rotatable bonds is 10. The molecule has 9 heteroatoms. The molecule has 2 N–H and O–H groups in total. The molecule has 1 aliphatic rings. The third-order valence-electron chi connectivity index (χ3n) is 4.99. The summed E-state index contributed by atoms with van der Waals surface area (Å²) in [6.45, 7) is 1.56. The molecular weight excluding hydrogens is 380 g/mol. The van der Waals surface area contributed by atoms with Crippen molar-refractivity contribution in [3.8, 4) is 0 Å². The highest BCUT2D eigenvalue weighted by atomic mass is 32.2. The van der Waals surface area contributed by atoms with E-state index in [0.717, 1.165) is 44.2 Å². The standard InChI is InChI=1S/C19H30N4O4S/c1-22(2)13-7-12-20-16-9-8-15(14-17(16)23(25)26)28-21-18(24)19(27-3)10-5-4-6-11-19/h8-9,14,20H,4-7,10-13H2,1-3H3,(H,21,24). The Labute approximate surface area is 170 Å². The van der Waals surface area contributed by atoms with Gasteiger partial charge in [0.15, 0.2) is 0 Å². The number of nitro benzene ring substituents is 1. The normalized spacial score (nSPS) is 16.0. The van der Waals surface area contributed by atoms with Crippen LogP contribution in [-0.4, -0.2) is 55.6 Å². The summed E-state index contributed by atoms with van der Waals surface area (Å²) in [6.07, 6.45) is 5.32. The number of anilines is 1. The highest BCUT2D eigenvalue weighted by molar-refractivity contribution is 7.98. The fraction of sp³-hybridized carbons (Fsp3) is 0.632. The van der Waals surface area contributed by atoms with Crippen LogP contribution >= 0.6 is 11.9 Å². The van der Waals surface area contributed by atoms with Crippen molar-refractivity contribution >= 4 is 29.2 Å². The lowest BCUT2D eigenvalue weighted by Gasteiger charge is -2.34. The smallest absolute Gasteiger partial charge is 0.293 e. The van der Waals surface area contributed by atoms with Gasteiger partial charge in [0.2, 0.25) is 0 Å². The van der Waals surface area contributed by atoms with Crippen molar-refractivity contribution in [2.45, 2.75) is 49.0 Å². The Morgan fingerprint density at radius 1 is 1.32 bits per heavy atom. The molecule has 0 heterocycles. The lowest BCUT2D eigenvalue weighted by Crippen LogP contribution is -2.47. The Morgan fingerprint density at radius 2 is 2.04 bits per heavy atom. The molecule has 156 valence electrons. The molecule has 0 bridgehead atoms. The highest BCUT2D eigenvalue weighted by Crippen LogP contribution is 2.33. The monoisotopic (exact) mass is 410 g/mol. The molecule has 0 spiro atoms. The van der Waals surface area contributed by atoms with E-state index >= 15 is 0 Å². The third kappa shape index (κ3) is 6.08. The first-order valence-corrected chi connectivity index (χ1v) is 10.4. The van der Waals surface area contributed by atoms with Gasteiger partial charge in [-0.25, -0.2) is 0 Å². The van der Waals surface area contributed by atoms with Crippen molar-refractivity contribution in [3.05, 3.63) is 28.3 Å². The maximum absolute atomic E-state index is 12.6. The molecule has 28 heavy (non-hydrogen) atoms. The minimum Gasteiger partial charge on any atom is -0.379 e. The molecule has 0 aliphatic heterocycles. The molecule has 1 aromatic rings. The van der Waals surface area contributed by atoms with Gasteiger partial charge in [-0.1, -0.05) is 19.3 Å². The lowest BCUT2D eigenvalue weighted by molar-refractivity contribution is -0.384. The Bertz CT molecular complexity index is 678. The zero-order valence-corrected chi connectivity index (χ0v) is 17.6. The molecule has 0 aromatic heterocycles. The van der Waals surface area contributed by atoms with E-state index in [0.29, 0.717) is 30.0 Å². The Kier molecular flexibility index (Phi) is 8.53. The van der Waals surface area contributed by atoms with Gasteiger partial charge >= 0.3 is 0 Å². The van der Waals surface area contributed by atoms with E-state index in [1.807, 2.05) is 14.1 Å². The van der Waals surface area contributed by atoms with E-state index in [2.05, 4.69) is 14.9 Å². The highest BCUT2D eigenvalue weighted by Gasteiger charge is 2.39. The second-order valence-electron chi connectivity index (χ2n) is 7.31. The number of hydrogen-bond acceptors (Lipinski definition) is 7. The molecule has 0 radical (unpaired) electrons. The lowest BCUT2D eigenvalue weighted by atomic mass is 9.84. The molecule has 1 amide bonds. The summed E-state index contributed by atoms with van der Waals surface area (Å²) in [5.41, 5.74) is -0.297. The summed E-state index contributed by atoms with van der Waals surface area (Å²) >= 11 is 1.09. The van der Waals surface area contributed by atoms with E-state index in [4.69, 9.17) is 4.74 Å². The van der Waals surface area contributed by atoms with Crippen LogP contribution in [0.1, 0.15) is 38.5 Å². The molecule has 0 saturated heterocycles. The van der Waals surface area contributed by atoms with Crippen molar-refractivity contribution < 1.29 is 14.5 Å². The largest absolute Gasteiger partial charge is 0.379 e. The molecule has 1 saturated carbocycles. The maximum Gasteiger partial charge on any atom is 0.293 e. The van der Waals surface area contributed by atoms with Crippen molar-refractivity contribution in [1.82, 2.24) is 9.62 Å². The number of nitrogens with one attached hydrogen (secondary N) is 2. The molecule has 8 nitrogen and oxygen atoms in total. The van der Waals surface area contributed by atoms with Gasteiger partial charge in [0.05, 0.1) is 4.92 Å². The van der Waals surface area contributed by atoms with Crippen LogP contribution in [0.2, 0.25) is 0 Å². The summed E-state index contributed by atoms with van der Waals surface area (Å²) < 4.78 is 8.35. The fourth-order valence-corrected chi connectivity index (χ4v) is 4.04. The summed E-state index contributed by atoms with van der Waals surface area (Å²) in [4.78, 5) is 26.3. The van der Waals surface area contributed by atoms with Gasteiger partial charge < -0.3 is 15.0 Å². The van der Waals surface area contributed by atoms with E-state index < -0.39 is 10.5 Å². The first kappa shape index (κ1) is 22.4. The first-order valence-electron chi connectivity index (χ1n) is 9.57. The van der Waals surface area contributed by atoms with E-state index in [9.17, 15) is 14.9 Å². The number of carbonyl (C=O) groups is 1. The van der Waals surface area contributed by atoms with Gasteiger partial charge in [-0.2, -0.15) is 0 Å². The molecule has 0 atom stereocenters.